The molecule has 1 saturated carbocycles. The normalized spacial score (nSPS) is 23.2. The van der Waals surface area contributed by atoms with E-state index in [0.717, 1.165) is 31.3 Å². The molecule has 90 valence electrons. The molecule has 2 rings (SSSR count). The minimum atomic E-state index is -0.782. The van der Waals surface area contributed by atoms with Crippen LogP contribution in [0.25, 0.3) is 0 Å². The van der Waals surface area contributed by atoms with Crippen molar-refractivity contribution in [1.29, 1.82) is 0 Å². The van der Waals surface area contributed by atoms with Crippen LogP contribution in [0.5, 0.6) is 0 Å². The van der Waals surface area contributed by atoms with Crippen LogP contribution in [0.15, 0.2) is 35.7 Å². The molecule has 0 aromatic carbocycles. The highest BCUT2D eigenvalue weighted by Gasteiger charge is 2.21. The number of carbonyl (C=O) groups is 1. The Labute approximate surface area is 101 Å². The minimum absolute atomic E-state index is 0.455. The lowest BCUT2D eigenvalue weighted by atomic mass is 9.80. The average Bonchev–Trinajstić information content (AvgIpc) is 2.39. The van der Waals surface area contributed by atoms with Crippen molar-refractivity contribution in [2.75, 3.05) is 0 Å². The first kappa shape index (κ1) is 11.8. The second kappa shape index (κ2) is 5.13. The van der Waals surface area contributed by atoms with Gasteiger partial charge in [0.2, 0.25) is 0 Å². The van der Waals surface area contributed by atoms with Crippen LogP contribution in [0.3, 0.4) is 0 Å². The molecule has 17 heavy (non-hydrogen) atoms. The summed E-state index contributed by atoms with van der Waals surface area (Å²) in [6, 6.07) is 4.06. The van der Waals surface area contributed by atoms with Gasteiger partial charge in [0.05, 0.1) is 0 Å². The topological polar surface area (TPSA) is 50.2 Å². The quantitative estimate of drug-likeness (QED) is 0.795. The summed E-state index contributed by atoms with van der Waals surface area (Å²) in [5, 5.41) is 9.02. The van der Waals surface area contributed by atoms with Gasteiger partial charge in [-0.1, -0.05) is 5.57 Å². The van der Waals surface area contributed by atoms with Crippen molar-refractivity contribution in [3.8, 4) is 0 Å². The molecule has 3 nitrogen and oxygen atoms in total. The zero-order chi connectivity index (χ0) is 12.3. The first-order valence-electron chi connectivity index (χ1n) is 6.00. The van der Waals surface area contributed by atoms with Gasteiger partial charge in [-0.05, 0) is 56.2 Å². The SMILES string of the molecule is C/C(C(=O)O)=C1/CCC[C@@H](c2ccncc2)C1. The van der Waals surface area contributed by atoms with Crippen molar-refractivity contribution in [1.82, 2.24) is 4.98 Å². The van der Waals surface area contributed by atoms with Gasteiger partial charge >= 0.3 is 5.97 Å². The molecule has 0 unspecified atom stereocenters. The Hall–Kier alpha value is -1.64. The monoisotopic (exact) mass is 231 g/mol. The molecule has 1 aliphatic rings. The van der Waals surface area contributed by atoms with Crippen LogP contribution in [0, 0.1) is 0 Å². The molecule has 1 heterocycles. The molecule has 1 N–H and O–H groups in total. The zero-order valence-electron chi connectivity index (χ0n) is 10.0. The number of hydrogen-bond donors (Lipinski definition) is 1. The van der Waals surface area contributed by atoms with Crippen LogP contribution in [-0.2, 0) is 4.79 Å². The van der Waals surface area contributed by atoms with Crippen molar-refractivity contribution in [3.05, 3.63) is 41.2 Å². The van der Waals surface area contributed by atoms with Crippen molar-refractivity contribution in [3.63, 3.8) is 0 Å². The lowest BCUT2D eigenvalue weighted by molar-refractivity contribution is -0.132. The number of allylic oxidation sites excluding steroid dienone is 1. The molecular formula is C14H17NO2. The van der Waals surface area contributed by atoms with Gasteiger partial charge in [-0.25, -0.2) is 4.79 Å². The maximum Gasteiger partial charge on any atom is 0.331 e. The van der Waals surface area contributed by atoms with E-state index < -0.39 is 5.97 Å². The summed E-state index contributed by atoms with van der Waals surface area (Å²) in [6.45, 7) is 1.71. The van der Waals surface area contributed by atoms with Crippen LogP contribution >= 0.6 is 0 Å². The van der Waals surface area contributed by atoms with E-state index in [2.05, 4.69) is 4.98 Å². The maximum absolute atomic E-state index is 11.0. The molecule has 0 amide bonds. The molecule has 1 atom stereocenters. The van der Waals surface area contributed by atoms with Gasteiger partial charge in [0, 0.05) is 18.0 Å². The summed E-state index contributed by atoms with van der Waals surface area (Å²) >= 11 is 0. The lowest BCUT2D eigenvalue weighted by Gasteiger charge is -2.25. The van der Waals surface area contributed by atoms with E-state index in [1.54, 1.807) is 19.3 Å². The summed E-state index contributed by atoms with van der Waals surface area (Å²) in [7, 11) is 0. The van der Waals surface area contributed by atoms with Crippen molar-refractivity contribution in [2.45, 2.75) is 38.5 Å². The third-order valence-electron chi connectivity index (χ3n) is 3.55. The van der Waals surface area contributed by atoms with Gasteiger partial charge < -0.3 is 5.11 Å². The lowest BCUT2D eigenvalue weighted by Crippen LogP contribution is -2.11. The highest BCUT2D eigenvalue weighted by atomic mass is 16.4. The Morgan fingerprint density at radius 1 is 1.41 bits per heavy atom. The Balaban J connectivity index is 2.19. The fourth-order valence-electron chi connectivity index (χ4n) is 2.48. The predicted molar refractivity (Wildman–Crippen MR) is 65.8 cm³/mol. The number of hydrogen-bond acceptors (Lipinski definition) is 2. The predicted octanol–water partition coefficient (Wildman–Crippen LogP) is 3.14. The smallest absolute Gasteiger partial charge is 0.331 e. The van der Waals surface area contributed by atoms with E-state index in [-0.39, 0.29) is 0 Å². The highest BCUT2D eigenvalue weighted by molar-refractivity contribution is 5.86. The summed E-state index contributed by atoms with van der Waals surface area (Å²) in [4.78, 5) is 15.0. The highest BCUT2D eigenvalue weighted by Crippen LogP contribution is 2.36. The van der Waals surface area contributed by atoms with Crippen molar-refractivity contribution in [2.24, 2.45) is 0 Å². The number of aliphatic carboxylic acids is 1. The third kappa shape index (κ3) is 2.73. The number of pyridine rings is 1. The van der Waals surface area contributed by atoms with Gasteiger partial charge in [0.1, 0.15) is 0 Å². The first-order chi connectivity index (χ1) is 8.18. The van der Waals surface area contributed by atoms with Crippen LogP contribution in [0.4, 0.5) is 0 Å². The average molecular weight is 231 g/mol. The van der Waals surface area contributed by atoms with E-state index in [4.69, 9.17) is 5.11 Å². The first-order valence-corrected chi connectivity index (χ1v) is 6.00. The van der Waals surface area contributed by atoms with E-state index in [1.807, 2.05) is 12.1 Å². The number of nitrogens with zero attached hydrogens (tertiary/aromatic N) is 1. The summed E-state index contributed by atoms with van der Waals surface area (Å²) < 4.78 is 0. The fourth-order valence-corrected chi connectivity index (χ4v) is 2.48. The molecular weight excluding hydrogens is 214 g/mol. The van der Waals surface area contributed by atoms with Gasteiger partial charge in [0.15, 0.2) is 0 Å². The van der Waals surface area contributed by atoms with Crippen LogP contribution in [-0.4, -0.2) is 16.1 Å². The second-order valence-electron chi connectivity index (χ2n) is 4.61. The molecule has 1 aromatic heterocycles. The van der Waals surface area contributed by atoms with E-state index in [0.29, 0.717) is 11.5 Å². The molecule has 3 heteroatoms. The van der Waals surface area contributed by atoms with Crippen LogP contribution in [0.1, 0.15) is 44.1 Å². The molecule has 1 aromatic rings. The molecule has 0 aliphatic heterocycles. The zero-order valence-corrected chi connectivity index (χ0v) is 10.0. The maximum atomic E-state index is 11.0. The number of rotatable bonds is 2. The van der Waals surface area contributed by atoms with Gasteiger partial charge in [0.25, 0.3) is 0 Å². The summed E-state index contributed by atoms with van der Waals surface area (Å²) in [5.74, 6) is -0.327. The number of aromatic nitrogens is 1. The number of carboxylic acid groups (broad SMARTS) is 1. The molecule has 0 spiro atoms. The van der Waals surface area contributed by atoms with Crippen LogP contribution in [0.2, 0.25) is 0 Å². The van der Waals surface area contributed by atoms with Gasteiger partial charge in [-0.2, -0.15) is 0 Å². The van der Waals surface area contributed by atoms with Crippen molar-refractivity contribution >= 4 is 5.97 Å². The fraction of sp³-hybridized carbons (Fsp3) is 0.429. The van der Waals surface area contributed by atoms with Crippen LogP contribution < -0.4 is 0 Å². The Morgan fingerprint density at radius 2 is 2.12 bits per heavy atom. The summed E-state index contributed by atoms with van der Waals surface area (Å²) in [6.07, 6.45) is 7.63. The Bertz CT molecular complexity index is 437. The minimum Gasteiger partial charge on any atom is -0.478 e. The number of carboxylic acids is 1. The van der Waals surface area contributed by atoms with E-state index in [9.17, 15) is 4.79 Å². The molecule has 0 bridgehead atoms. The molecule has 1 fully saturated rings. The standard InChI is InChI=1S/C14H17NO2/c1-10(14(16)17)12-3-2-4-13(9-12)11-5-7-15-8-6-11/h5-8,13H,2-4,9H2,1H3,(H,16,17)/b12-10+/t13-/m1/s1. The molecule has 1 aliphatic carbocycles. The molecule has 0 radical (unpaired) electrons. The van der Waals surface area contributed by atoms with E-state index >= 15 is 0 Å². The summed E-state index contributed by atoms with van der Waals surface area (Å²) in [5.41, 5.74) is 2.91. The van der Waals surface area contributed by atoms with Gasteiger partial charge in [-0.15, -0.1) is 0 Å². The van der Waals surface area contributed by atoms with E-state index in [1.165, 1.54) is 5.56 Å². The third-order valence-corrected chi connectivity index (χ3v) is 3.55. The van der Waals surface area contributed by atoms with Crippen molar-refractivity contribution < 1.29 is 9.90 Å². The largest absolute Gasteiger partial charge is 0.478 e. The Kier molecular flexibility index (Phi) is 3.57. The second-order valence-corrected chi connectivity index (χ2v) is 4.61. The van der Waals surface area contributed by atoms with Gasteiger partial charge in [-0.3, -0.25) is 4.98 Å². The molecule has 0 saturated heterocycles. The Morgan fingerprint density at radius 3 is 2.76 bits per heavy atom.